The fraction of sp³-hybridized carbons (Fsp3) is 0. The summed E-state index contributed by atoms with van der Waals surface area (Å²) >= 11 is 1.94. The van der Waals surface area contributed by atoms with Gasteiger partial charge in [-0.2, -0.15) is 0 Å². The van der Waals surface area contributed by atoms with Crippen LogP contribution < -0.4 is 25.5 Å². The molecule has 0 amide bonds. The van der Waals surface area contributed by atoms with Crippen molar-refractivity contribution in [1.82, 2.24) is 0 Å². The molecule has 0 saturated heterocycles. The highest BCUT2D eigenvalue weighted by Crippen LogP contribution is 2.48. The van der Waals surface area contributed by atoms with Gasteiger partial charge in [0.05, 0.1) is 5.69 Å². The Balaban J connectivity index is 1.45. The molecule has 0 radical (unpaired) electrons. The summed E-state index contributed by atoms with van der Waals surface area (Å²) in [5.41, 5.74) is 12.5. The van der Waals surface area contributed by atoms with E-state index >= 15 is 0 Å². The first kappa shape index (κ1) is 23.6. The highest BCUT2D eigenvalue weighted by atomic mass is 32.1. The molecule has 0 spiro atoms. The predicted octanol–water partition coefficient (Wildman–Crippen LogP) is 8.65. The lowest BCUT2D eigenvalue weighted by molar-refractivity contribution is 1.26. The molecule has 0 atom stereocenters. The number of thiophene rings is 1. The standard InChI is InChI=1S/C38H25BN2S/c1-4-14-26(15-5-1)27-24-33-36-34(25-27)41(29-18-8-3-9-19-29)37-30-20-10-13-23-35(30)42-38(37)39(36)31-21-11-12-22-32(31)40(33)28-16-6-2-7-17-28/h1-25H. The van der Waals surface area contributed by atoms with E-state index in [2.05, 4.69) is 161 Å². The van der Waals surface area contributed by atoms with Crippen molar-refractivity contribution in [1.29, 1.82) is 0 Å². The highest BCUT2D eigenvalue weighted by molar-refractivity contribution is 7.33. The van der Waals surface area contributed by atoms with E-state index in [0.717, 1.165) is 0 Å². The van der Waals surface area contributed by atoms with Crippen LogP contribution in [0.25, 0.3) is 21.2 Å². The molecule has 2 nitrogen and oxygen atoms in total. The summed E-state index contributed by atoms with van der Waals surface area (Å²) in [7, 11) is 0. The van der Waals surface area contributed by atoms with Crippen molar-refractivity contribution in [3.8, 4) is 11.1 Å². The Morgan fingerprint density at radius 1 is 0.476 bits per heavy atom. The van der Waals surface area contributed by atoms with Crippen LogP contribution in [0.3, 0.4) is 0 Å². The number of rotatable bonds is 3. The van der Waals surface area contributed by atoms with E-state index < -0.39 is 0 Å². The summed E-state index contributed by atoms with van der Waals surface area (Å²) in [5.74, 6) is 0. The summed E-state index contributed by atoms with van der Waals surface area (Å²) in [6.45, 7) is 0.142. The van der Waals surface area contributed by atoms with Gasteiger partial charge in [-0.05, 0) is 70.6 Å². The average molecular weight is 553 g/mol. The lowest BCUT2D eigenvalue weighted by Gasteiger charge is -2.43. The van der Waals surface area contributed by atoms with Crippen molar-refractivity contribution in [2.45, 2.75) is 0 Å². The Labute approximate surface area is 249 Å². The van der Waals surface area contributed by atoms with Crippen LogP contribution in [0.2, 0.25) is 0 Å². The van der Waals surface area contributed by atoms with Gasteiger partial charge in [0.25, 0.3) is 6.71 Å². The summed E-state index contributed by atoms with van der Waals surface area (Å²) in [6.07, 6.45) is 0. The fourth-order valence-electron chi connectivity index (χ4n) is 6.88. The van der Waals surface area contributed by atoms with E-state index in [-0.39, 0.29) is 6.71 Å². The second-order valence-electron chi connectivity index (χ2n) is 10.9. The van der Waals surface area contributed by atoms with Crippen LogP contribution in [0.1, 0.15) is 0 Å². The zero-order valence-corrected chi connectivity index (χ0v) is 23.6. The van der Waals surface area contributed by atoms with Gasteiger partial charge in [0, 0.05) is 43.3 Å². The van der Waals surface area contributed by atoms with Gasteiger partial charge in [-0.1, -0.05) is 103 Å². The summed E-state index contributed by atoms with van der Waals surface area (Å²) in [5, 5.41) is 1.31. The monoisotopic (exact) mass is 552 g/mol. The Morgan fingerprint density at radius 2 is 1.05 bits per heavy atom. The third-order valence-corrected chi connectivity index (χ3v) is 9.84. The molecular formula is C38H25BN2S. The Hall–Kier alpha value is -5.06. The number of para-hydroxylation sites is 3. The van der Waals surface area contributed by atoms with Gasteiger partial charge in [-0.3, -0.25) is 0 Å². The van der Waals surface area contributed by atoms with Crippen LogP contribution in [-0.4, -0.2) is 6.71 Å². The van der Waals surface area contributed by atoms with Gasteiger partial charge < -0.3 is 9.80 Å². The largest absolute Gasteiger partial charge is 0.311 e. The Bertz CT molecular complexity index is 2100. The molecule has 7 aromatic rings. The predicted molar refractivity (Wildman–Crippen MR) is 181 cm³/mol. The maximum absolute atomic E-state index is 2.52. The Morgan fingerprint density at radius 3 is 1.79 bits per heavy atom. The zero-order valence-electron chi connectivity index (χ0n) is 22.8. The van der Waals surface area contributed by atoms with Crippen molar-refractivity contribution >= 4 is 78.0 Å². The minimum Gasteiger partial charge on any atom is -0.311 e. The SMILES string of the molecule is c1ccc(-c2cc3c4c(c2)N(c2ccccc2)c2c(sc5ccccc25)B4c2ccccc2N3c2ccccc2)cc1. The molecule has 0 fully saturated rings. The Kier molecular flexibility index (Phi) is 5.20. The molecule has 1 aromatic heterocycles. The molecule has 0 N–H and O–H groups in total. The van der Waals surface area contributed by atoms with Crippen molar-refractivity contribution in [2.75, 3.05) is 9.80 Å². The number of hydrogen-bond donors (Lipinski definition) is 0. The lowest BCUT2D eigenvalue weighted by atomic mass is 9.36. The molecule has 0 saturated carbocycles. The molecule has 196 valence electrons. The smallest absolute Gasteiger partial charge is 0.264 e. The highest BCUT2D eigenvalue weighted by Gasteiger charge is 2.45. The zero-order chi connectivity index (χ0) is 27.6. The van der Waals surface area contributed by atoms with Crippen LogP contribution in [0, 0.1) is 0 Å². The maximum atomic E-state index is 2.52. The van der Waals surface area contributed by atoms with E-state index in [4.69, 9.17) is 0 Å². The third-order valence-electron chi connectivity index (χ3n) is 8.61. The van der Waals surface area contributed by atoms with E-state index in [1.807, 2.05) is 11.3 Å². The second kappa shape index (κ2) is 9.23. The van der Waals surface area contributed by atoms with Crippen molar-refractivity contribution in [2.24, 2.45) is 0 Å². The number of nitrogens with zero attached hydrogens (tertiary/aromatic N) is 2. The molecule has 2 aliphatic rings. The lowest BCUT2D eigenvalue weighted by Crippen LogP contribution is -2.60. The molecule has 4 heteroatoms. The average Bonchev–Trinajstić information content (AvgIpc) is 3.45. The van der Waals surface area contributed by atoms with Crippen molar-refractivity contribution in [3.63, 3.8) is 0 Å². The molecule has 0 aliphatic carbocycles. The number of anilines is 6. The summed E-state index contributed by atoms with van der Waals surface area (Å²) in [4.78, 5) is 4.99. The molecule has 42 heavy (non-hydrogen) atoms. The molecule has 2 aliphatic heterocycles. The first-order valence-corrected chi connectivity index (χ1v) is 15.2. The molecule has 0 bridgehead atoms. The van der Waals surface area contributed by atoms with Gasteiger partial charge in [-0.15, -0.1) is 11.3 Å². The summed E-state index contributed by atoms with van der Waals surface area (Å²) in [6, 6.07) is 55.2. The number of fused-ring (bicyclic) bond motifs is 6. The van der Waals surface area contributed by atoms with Crippen molar-refractivity contribution < 1.29 is 0 Å². The first-order chi connectivity index (χ1) is 20.9. The molecule has 9 rings (SSSR count). The third kappa shape index (κ3) is 3.39. The maximum Gasteiger partial charge on any atom is 0.264 e. The minimum atomic E-state index is 0.142. The first-order valence-electron chi connectivity index (χ1n) is 14.4. The molecule has 6 aromatic carbocycles. The fourth-order valence-corrected chi connectivity index (χ4v) is 8.20. The molecule has 0 unspecified atom stereocenters. The van der Waals surface area contributed by atoms with Crippen LogP contribution in [0.4, 0.5) is 34.1 Å². The van der Waals surface area contributed by atoms with E-state index in [9.17, 15) is 0 Å². The van der Waals surface area contributed by atoms with E-state index in [0.29, 0.717) is 0 Å². The molecular weight excluding hydrogens is 527 g/mol. The van der Waals surface area contributed by atoms with Gasteiger partial charge in [0.15, 0.2) is 0 Å². The van der Waals surface area contributed by atoms with Gasteiger partial charge in [0.2, 0.25) is 0 Å². The van der Waals surface area contributed by atoms with E-state index in [1.165, 1.54) is 71.0 Å². The van der Waals surface area contributed by atoms with Crippen LogP contribution >= 0.6 is 11.3 Å². The number of hydrogen-bond acceptors (Lipinski definition) is 3. The van der Waals surface area contributed by atoms with Gasteiger partial charge >= 0.3 is 0 Å². The van der Waals surface area contributed by atoms with Crippen LogP contribution in [-0.2, 0) is 0 Å². The van der Waals surface area contributed by atoms with Crippen LogP contribution in [0.5, 0.6) is 0 Å². The van der Waals surface area contributed by atoms with Crippen LogP contribution in [0.15, 0.2) is 152 Å². The van der Waals surface area contributed by atoms with Crippen molar-refractivity contribution in [3.05, 3.63) is 152 Å². The minimum absolute atomic E-state index is 0.142. The normalized spacial score (nSPS) is 13.1. The topological polar surface area (TPSA) is 6.48 Å². The second-order valence-corrected chi connectivity index (χ2v) is 12.0. The molecule has 3 heterocycles. The quantitative estimate of drug-likeness (QED) is 0.203. The summed E-state index contributed by atoms with van der Waals surface area (Å²) < 4.78 is 2.73. The van der Waals surface area contributed by atoms with Gasteiger partial charge in [-0.25, -0.2) is 0 Å². The van der Waals surface area contributed by atoms with Gasteiger partial charge in [0.1, 0.15) is 0 Å². The van der Waals surface area contributed by atoms with E-state index in [1.54, 1.807) is 0 Å². The number of benzene rings is 6.